The van der Waals surface area contributed by atoms with Crippen molar-refractivity contribution in [2.45, 2.75) is 40.2 Å². The molecule has 1 unspecified atom stereocenters. The van der Waals surface area contributed by atoms with E-state index in [0.717, 1.165) is 0 Å². The molecule has 6 nitrogen and oxygen atoms in total. The van der Waals surface area contributed by atoms with Crippen LogP contribution in [-0.4, -0.2) is 21.6 Å². The molecule has 0 saturated heterocycles. The number of rotatable bonds is 5. The molecule has 0 fully saturated rings. The van der Waals surface area contributed by atoms with E-state index in [9.17, 15) is 9.59 Å². The summed E-state index contributed by atoms with van der Waals surface area (Å²) in [6, 6.07) is 6.38. The van der Waals surface area contributed by atoms with Crippen LogP contribution in [0.2, 0.25) is 5.02 Å². The van der Waals surface area contributed by atoms with Gasteiger partial charge in [0, 0.05) is 23.5 Å². The topological polar surface area (TPSA) is 76.0 Å². The molecule has 7 heteroatoms. The maximum atomic E-state index is 12.5. The molecule has 1 aromatic heterocycles. The van der Waals surface area contributed by atoms with Gasteiger partial charge in [0.15, 0.2) is 0 Å². The molecule has 1 aromatic carbocycles. The fraction of sp³-hybridized carbons (Fsp3) is 0.389. The molecule has 2 aromatic rings. The van der Waals surface area contributed by atoms with Crippen LogP contribution in [0.5, 0.6) is 0 Å². The molecule has 134 valence electrons. The van der Waals surface area contributed by atoms with Crippen LogP contribution in [0.4, 0.5) is 11.4 Å². The van der Waals surface area contributed by atoms with Gasteiger partial charge < -0.3 is 10.6 Å². The lowest BCUT2D eigenvalue weighted by atomic mass is 9.95. The Balaban J connectivity index is 2.10. The normalized spacial score (nSPS) is 12.5. The van der Waals surface area contributed by atoms with Crippen LogP contribution in [0, 0.1) is 5.41 Å². The van der Waals surface area contributed by atoms with Gasteiger partial charge in [-0.2, -0.15) is 5.10 Å². The maximum Gasteiger partial charge on any atom is 0.249 e. The molecule has 25 heavy (non-hydrogen) atoms. The van der Waals surface area contributed by atoms with E-state index in [0.29, 0.717) is 22.8 Å². The Morgan fingerprint density at radius 2 is 2.00 bits per heavy atom. The molecule has 2 amide bonds. The van der Waals surface area contributed by atoms with Crippen molar-refractivity contribution >= 4 is 34.8 Å². The lowest BCUT2D eigenvalue weighted by molar-refractivity contribution is -0.123. The van der Waals surface area contributed by atoms with Crippen molar-refractivity contribution in [3.05, 3.63) is 41.7 Å². The first-order chi connectivity index (χ1) is 11.7. The van der Waals surface area contributed by atoms with E-state index >= 15 is 0 Å². The summed E-state index contributed by atoms with van der Waals surface area (Å²) in [6.07, 6.45) is 4.01. The molecule has 0 aliphatic heterocycles. The van der Waals surface area contributed by atoms with Gasteiger partial charge in [-0.05, 0) is 30.7 Å². The number of hydrogen-bond acceptors (Lipinski definition) is 3. The molecule has 0 spiro atoms. The Bertz CT molecular complexity index is 751. The van der Waals surface area contributed by atoms with Crippen molar-refractivity contribution in [3.63, 3.8) is 0 Å². The minimum atomic E-state index is -0.520. The summed E-state index contributed by atoms with van der Waals surface area (Å²) in [5, 5.41) is 10.1. The van der Waals surface area contributed by atoms with E-state index in [-0.39, 0.29) is 11.8 Å². The van der Waals surface area contributed by atoms with Crippen molar-refractivity contribution in [1.82, 2.24) is 9.78 Å². The summed E-state index contributed by atoms with van der Waals surface area (Å²) in [5.74, 6) is -0.301. The summed E-state index contributed by atoms with van der Waals surface area (Å²) in [7, 11) is 0. The van der Waals surface area contributed by atoms with Crippen molar-refractivity contribution in [3.8, 4) is 0 Å². The zero-order valence-corrected chi connectivity index (χ0v) is 15.6. The number of halogens is 1. The number of anilines is 2. The number of nitrogens with zero attached hydrogens (tertiary/aromatic N) is 2. The van der Waals surface area contributed by atoms with Gasteiger partial charge in [-0.15, -0.1) is 0 Å². The average Bonchev–Trinajstić information content (AvgIpc) is 3.03. The number of nitrogens with one attached hydrogen (secondary N) is 2. The van der Waals surface area contributed by atoms with E-state index in [1.165, 1.54) is 0 Å². The number of benzene rings is 1. The second-order valence-electron chi connectivity index (χ2n) is 6.80. The largest absolute Gasteiger partial charge is 0.324 e. The highest BCUT2D eigenvalue weighted by atomic mass is 35.5. The molecule has 0 radical (unpaired) electrons. The quantitative estimate of drug-likeness (QED) is 0.840. The summed E-state index contributed by atoms with van der Waals surface area (Å²) in [6.45, 7) is 7.39. The number of carbonyl (C=O) groups excluding carboxylic acids is 2. The number of amides is 2. The molecule has 1 atom stereocenters. The molecule has 0 aliphatic carbocycles. The van der Waals surface area contributed by atoms with Gasteiger partial charge in [-0.1, -0.05) is 39.3 Å². The summed E-state index contributed by atoms with van der Waals surface area (Å²) in [5.41, 5.74) is 0.557. The van der Waals surface area contributed by atoms with Crippen molar-refractivity contribution in [1.29, 1.82) is 0 Å². The minimum Gasteiger partial charge on any atom is -0.324 e. The molecule has 0 saturated carbocycles. The Morgan fingerprint density at radius 1 is 1.28 bits per heavy atom. The molecular formula is C18H23ClN4O2. The molecular weight excluding hydrogens is 340 g/mol. The van der Waals surface area contributed by atoms with Gasteiger partial charge >= 0.3 is 0 Å². The van der Waals surface area contributed by atoms with Crippen molar-refractivity contribution in [2.24, 2.45) is 5.41 Å². The van der Waals surface area contributed by atoms with Crippen LogP contribution in [0.25, 0.3) is 0 Å². The molecule has 2 N–H and O–H groups in total. The molecule has 2 rings (SSSR count). The lowest BCUT2D eigenvalue weighted by Gasteiger charge is -2.19. The van der Waals surface area contributed by atoms with Crippen LogP contribution in [0.15, 0.2) is 36.7 Å². The van der Waals surface area contributed by atoms with Crippen LogP contribution < -0.4 is 10.6 Å². The van der Waals surface area contributed by atoms with Crippen LogP contribution in [-0.2, 0) is 9.59 Å². The Kier molecular flexibility index (Phi) is 5.85. The number of carbonyl (C=O) groups is 2. The third-order valence-electron chi connectivity index (χ3n) is 3.70. The molecule has 0 bridgehead atoms. The fourth-order valence-electron chi connectivity index (χ4n) is 2.19. The monoisotopic (exact) mass is 362 g/mol. The summed E-state index contributed by atoms with van der Waals surface area (Å²) >= 11 is 6.24. The van der Waals surface area contributed by atoms with E-state index in [2.05, 4.69) is 15.7 Å². The summed E-state index contributed by atoms with van der Waals surface area (Å²) in [4.78, 5) is 24.5. The number of hydrogen-bond donors (Lipinski definition) is 2. The van der Waals surface area contributed by atoms with Crippen molar-refractivity contribution in [2.75, 3.05) is 10.6 Å². The van der Waals surface area contributed by atoms with Crippen LogP contribution >= 0.6 is 11.6 Å². The maximum absolute atomic E-state index is 12.5. The summed E-state index contributed by atoms with van der Waals surface area (Å²) < 4.78 is 1.62. The predicted molar refractivity (Wildman–Crippen MR) is 99.7 cm³/mol. The fourth-order valence-corrected chi connectivity index (χ4v) is 2.41. The predicted octanol–water partition coefficient (Wildman–Crippen LogP) is 4.11. The first kappa shape index (κ1) is 19.0. The Morgan fingerprint density at radius 3 is 2.52 bits per heavy atom. The number of aromatic nitrogens is 2. The minimum absolute atomic E-state index is 0.129. The zero-order chi connectivity index (χ0) is 18.6. The highest BCUT2D eigenvalue weighted by Gasteiger charge is 2.22. The average molecular weight is 363 g/mol. The SMILES string of the molecule is CCC(C(=O)Nc1ccc(NC(=O)C(C)(C)C)c(Cl)c1)n1cccn1. The third-order valence-corrected chi connectivity index (χ3v) is 4.01. The van der Waals surface area contributed by atoms with E-state index in [1.54, 1.807) is 41.3 Å². The highest BCUT2D eigenvalue weighted by Crippen LogP contribution is 2.28. The zero-order valence-electron chi connectivity index (χ0n) is 14.8. The second kappa shape index (κ2) is 7.70. The first-order valence-electron chi connectivity index (χ1n) is 8.13. The van der Waals surface area contributed by atoms with E-state index < -0.39 is 11.5 Å². The van der Waals surface area contributed by atoms with Crippen molar-refractivity contribution < 1.29 is 9.59 Å². The Labute approximate surface area is 152 Å². The van der Waals surface area contributed by atoms with E-state index in [1.807, 2.05) is 27.7 Å². The van der Waals surface area contributed by atoms with Gasteiger partial charge in [0.25, 0.3) is 0 Å². The van der Waals surface area contributed by atoms with E-state index in [4.69, 9.17) is 11.6 Å². The van der Waals surface area contributed by atoms with Gasteiger partial charge in [0.2, 0.25) is 11.8 Å². The van der Waals surface area contributed by atoms with Gasteiger partial charge in [-0.25, -0.2) is 0 Å². The standard InChI is InChI=1S/C18H23ClN4O2/c1-5-15(23-10-6-9-20-23)16(24)21-12-7-8-14(13(19)11-12)22-17(25)18(2,3)4/h6-11,15H,5H2,1-4H3,(H,21,24)(H,22,25). The van der Waals surface area contributed by atoms with Crippen LogP contribution in [0.3, 0.4) is 0 Å². The van der Waals surface area contributed by atoms with Gasteiger partial charge in [0.1, 0.15) is 6.04 Å². The molecule has 0 aliphatic rings. The van der Waals surface area contributed by atoms with Crippen LogP contribution in [0.1, 0.15) is 40.2 Å². The second-order valence-corrected chi connectivity index (χ2v) is 7.21. The van der Waals surface area contributed by atoms with Gasteiger partial charge in [0.05, 0.1) is 10.7 Å². The highest BCUT2D eigenvalue weighted by molar-refractivity contribution is 6.34. The first-order valence-corrected chi connectivity index (χ1v) is 8.51. The van der Waals surface area contributed by atoms with Gasteiger partial charge in [-0.3, -0.25) is 14.3 Å². The molecule has 1 heterocycles. The smallest absolute Gasteiger partial charge is 0.249 e. The lowest BCUT2D eigenvalue weighted by Crippen LogP contribution is -2.28. The third kappa shape index (κ3) is 4.82. The Hall–Kier alpha value is -2.34.